The number of benzene rings is 3. The number of hydrogen-bond donors (Lipinski definition) is 3. The Labute approximate surface area is 356 Å². The average molecular weight is 802 g/mol. The predicted molar refractivity (Wildman–Crippen MR) is 243 cm³/mol. The quantitative estimate of drug-likeness (QED) is 0.111. The normalized spacial score (nSPS) is 34.5. The van der Waals surface area contributed by atoms with E-state index in [0.29, 0.717) is 53.3 Å². The van der Waals surface area contributed by atoms with Crippen molar-refractivity contribution >= 4 is 23.0 Å². The van der Waals surface area contributed by atoms with Crippen molar-refractivity contribution in [3.63, 3.8) is 0 Å². The second-order valence-electron chi connectivity index (χ2n) is 20.7. The average Bonchev–Trinajstić information content (AvgIpc) is 3.59. The second-order valence-corrected chi connectivity index (χ2v) is 20.7. The number of amides is 1. The van der Waals surface area contributed by atoms with Gasteiger partial charge in [0.1, 0.15) is 17.6 Å². The summed E-state index contributed by atoms with van der Waals surface area (Å²) in [6, 6.07) is 24.8. The first-order valence-electron chi connectivity index (χ1n) is 24.0. The lowest BCUT2D eigenvalue weighted by Gasteiger charge is -2.63. The number of rotatable bonds is 14. The van der Waals surface area contributed by atoms with Crippen molar-refractivity contribution in [2.75, 3.05) is 16.8 Å². The molecule has 6 heteroatoms. The molecule has 3 unspecified atom stereocenters. The summed E-state index contributed by atoms with van der Waals surface area (Å²) in [7, 11) is 0. The fourth-order valence-corrected chi connectivity index (χ4v) is 14.1. The molecule has 10 atom stereocenters. The van der Waals surface area contributed by atoms with Crippen molar-refractivity contribution < 1.29 is 14.3 Å². The summed E-state index contributed by atoms with van der Waals surface area (Å²) < 4.78 is 13.7. The van der Waals surface area contributed by atoms with Gasteiger partial charge in [0.2, 0.25) is 5.91 Å². The summed E-state index contributed by atoms with van der Waals surface area (Å²) in [5.74, 6) is 7.07. The van der Waals surface area contributed by atoms with Crippen LogP contribution in [0.2, 0.25) is 0 Å². The number of nitrogen functional groups attached to an aromatic ring is 2. The van der Waals surface area contributed by atoms with Crippen molar-refractivity contribution in [2.24, 2.45) is 52.3 Å². The highest BCUT2D eigenvalue weighted by atomic mass is 16.5. The van der Waals surface area contributed by atoms with Gasteiger partial charge in [0.25, 0.3) is 0 Å². The van der Waals surface area contributed by atoms with E-state index in [-0.39, 0.29) is 23.5 Å². The molecule has 8 rings (SSSR count). The molecule has 3 aromatic rings. The summed E-state index contributed by atoms with van der Waals surface area (Å²) in [6.07, 6.45) is 22.1. The van der Waals surface area contributed by atoms with E-state index in [0.717, 1.165) is 66.6 Å². The Bertz CT molecular complexity index is 1850. The molecular formula is C53H75N3O3. The van der Waals surface area contributed by atoms with Crippen LogP contribution in [0.3, 0.4) is 0 Å². The molecule has 5 aliphatic rings. The first-order valence-corrected chi connectivity index (χ1v) is 24.0. The molecule has 0 radical (unpaired) electrons. The van der Waals surface area contributed by atoms with Gasteiger partial charge in [-0.3, -0.25) is 4.79 Å². The molecule has 0 bridgehead atoms. The second kappa shape index (κ2) is 18.1. The molecule has 5 saturated carbocycles. The third-order valence-corrected chi connectivity index (χ3v) is 17.2. The van der Waals surface area contributed by atoms with Crippen LogP contribution >= 0.6 is 0 Å². The number of unbranched alkanes of at least 4 members (excludes halogenated alkanes) is 2. The van der Waals surface area contributed by atoms with E-state index >= 15 is 0 Å². The zero-order valence-corrected chi connectivity index (χ0v) is 36.8. The van der Waals surface area contributed by atoms with Crippen LogP contribution in [0.4, 0.5) is 17.1 Å². The van der Waals surface area contributed by atoms with Crippen LogP contribution < -0.4 is 26.3 Å². The van der Waals surface area contributed by atoms with Gasteiger partial charge in [-0.1, -0.05) is 77.6 Å². The summed E-state index contributed by atoms with van der Waals surface area (Å²) >= 11 is 0. The molecule has 1 amide bonds. The topological polar surface area (TPSA) is 99.6 Å². The minimum Gasteiger partial charge on any atom is -0.490 e. The highest BCUT2D eigenvalue weighted by molar-refractivity contribution is 5.90. The van der Waals surface area contributed by atoms with Crippen molar-refractivity contribution in [1.82, 2.24) is 0 Å². The van der Waals surface area contributed by atoms with Crippen molar-refractivity contribution in [3.05, 3.63) is 78.4 Å². The molecule has 0 saturated heterocycles. The van der Waals surface area contributed by atoms with Gasteiger partial charge < -0.3 is 26.3 Å². The van der Waals surface area contributed by atoms with Crippen molar-refractivity contribution in [3.8, 4) is 11.5 Å². The fraction of sp³-hybridized carbons (Fsp3) is 0.642. The maximum atomic E-state index is 13.4. The standard InChI is InChI=1S/C53H75N3O3/c1-5-6-7-10-36-16-18-37(19-17-36)38-20-22-41(23-21-38)56-51(57)26-15-35(2)46-24-25-47-45-34-50(59-43-14-9-12-40(55)32-43)49-33-44(58-42-13-8-11-39(54)31-42)27-29-53(49,4)48(45)28-30-52(46,47)3/h8-9,11-14,20-23,31-32,35-37,44-50H,5-7,10,15-19,24-30,33-34,54-55H2,1-4H3,(H,56,57)/t35-,36?,37?,44?,45+,46-,47+,48+,49?,50?,52-,53-/m1/s1. The molecule has 0 aliphatic heterocycles. The molecule has 320 valence electrons. The van der Waals surface area contributed by atoms with E-state index in [1.807, 2.05) is 42.5 Å². The molecule has 5 fully saturated rings. The van der Waals surface area contributed by atoms with Gasteiger partial charge in [0.15, 0.2) is 0 Å². The van der Waals surface area contributed by atoms with Crippen LogP contribution in [0.5, 0.6) is 11.5 Å². The van der Waals surface area contributed by atoms with Gasteiger partial charge in [0.05, 0.1) is 6.10 Å². The number of anilines is 3. The highest BCUT2D eigenvalue weighted by Gasteiger charge is 2.63. The minimum atomic E-state index is 0.113. The molecule has 0 aromatic heterocycles. The van der Waals surface area contributed by atoms with Gasteiger partial charge in [-0.05, 0) is 178 Å². The molecular weight excluding hydrogens is 727 g/mol. The Balaban J connectivity index is 0.886. The van der Waals surface area contributed by atoms with Crippen LogP contribution in [0.25, 0.3) is 0 Å². The maximum Gasteiger partial charge on any atom is 0.224 e. The van der Waals surface area contributed by atoms with E-state index in [1.165, 1.54) is 82.6 Å². The summed E-state index contributed by atoms with van der Waals surface area (Å²) in [4.78, 5) is 13.4. The molecule has 5 N–H and O–H groups in total. The smallest absolute Gasteiger partial charge is 0.224 e. The number of hydrogen-bond acceptors (Lipinski definition) is 5. The van der Waals surface area contributed by atoms with Crippen molar-refractivity contribution in [2.45, 2.75) is 161 Å². The first kappa shape index (κ1) is 42.0. The molecule has 5 aliphatic carbocycles. The van der Waals surface area contributed by atoms with Gasteiger partial charge in [0, 0.05) is 41.5 Å². The number of nitrogens with two attached hydrogens (primary N) is 2. The summed E-state index contributed by atoms with van der Waals surface area (Å²) in [5.41, 5.74) is 16.8. The Hall–Kier alpha value is -3.67. The molecule has 0 spiro atoms. The predicted octanol–water partition coefficient (Wildman–Crippen LogP) is 13.2. The van der Waals surface area contributed by atoms with Gasteiger partial charge in [-0.2, -0.15) is 0 Å². The van der Waals surface area contributed by atoms with Crippen LogP contribution in [0.1, 0.15) is 155 Å². The molecule has 6 nitrogen and oxygen atoms in total. The third kappa shape index (κ3) is 9.18. The number of carbonyl (C=O) groups excluding carboxylic acids is 1. The monoisotopic (exact) mass is 802 g/mol. The summed E-state index contributed by atoms with van der Waals surface area (Å²) in [5, 5.41) is 3.26. The molecule has 3 aromatic carbocycles. The number of ether oxygens (including phenoxy) is 2. The Kier molecular flexibility index (Phi) is 12.9. The lowest BCUT2D eigenvalue weighted by molar-refractivity contribution is -0.164. The highest BCUT2D eigenvalue weighted by Crippen LogP contribution is 2.69. The Morgan fingerprint density at radius 1 is 0.763 bits per heavy atom. The molecule has 59 heavy (non-hydrogen) atoms. The fourth-order valence-electron chi connectivity index (χ4n) is 14.1. The minimum absolute atomic E-state index is 0.113. The van der Waals surface area contributed by atoms with E-state index in [1.54, 1.807) is 0 Å². The first-order chi connectivity index (χ1) is 28.5. The van der Waals surface area contributed by atoms with E-state index in [2.05, 4.69) is 63.3 Å². The number of carbonyl (C=O) groups is 1. The van der Waals surface area contributed by atoms with Crippen LogP contribution in [0, 0.1) is 52.3 Å². The number of fused-ring (bicyclic) bond motifs is 5. The van der Waals surface area contributed by atoms with Gasteiger partial charge in [-0.25, -0.2) is 0 Å². The van der Waals surface area contributed by atoms with Crippen LogP contribution in [0.15, 0.2) is 72.8 Å². The largest absolute Gasteiger partial charge is 0.490 e. The van der Waals surface area contributed by atoms with Gasteiger partial charge >= 0.3 is 0 Å². The lowest BCUT2D eigenvalue weighted by Crippen LogP contribution is -2.59. The van der Waals surface area contributed by atoms with Crippen molar-refractivity contribution in [1.29, 1.82) is 0 Å². The van der Waals surface area contributed by atoms with E-state index < -0.39 is 0 Å². The Morgan fingerprint density at radius 3 is 2.14 bits per heavy atom. The van der Waals surface area contributed by atoms with Crippen LogP contribution in [-0.2, 0) is 4.79 Å². The zero-order chi connectivity index (χ0) is 41.1. The van der Waals surface area contributed by atoms with Gasteiger partial charge in [-0.15, -0.1) is 0 Å². The lowest BCUT2D eigenvalue weighted by atomic mass is 9.43. The summed E-state index contributed by atoms with van der Waals surface area (Å²) in [6.45, 7) is 9.97. The maximum absolute atomic E-state index is 13.4. The zero-order valence-electron chi connectivity index (χ0n) is 36.8. The number of nitrogens with one attached hydrogen (secondary N) is 1. The SMILES string of the molecule is CCCCCC1CCC(c2ccc(NC(=O)CC[C@@H](C)[C@H]3CC[C@H]4[C@@H]5CC(Oc6cccc(N)c6)C6CC(Oc7cccc(N)c7)CC[C@]6(C)[C@H]5CC[C@]34C)cc2)CC1. The third-order valence-electron chi connectivity index (χ3n) is 17.2. The van der Waals surface area contributed by atoms with E-state index in [9.17, 15) is 4.79 Å². The van der Waals surface area contributed by atoms with Crippen LogP contribution in [-0.4, -0.2) is 18.1 Å². The Morgan fingerprint density at radius 2 is 1.44 bits per heavy atom. The molecule has 0 heterocycles. The van der Waals surface area contributed by atoms with E-state index in [4.69, 9.17) is 20.9 Å².